The lowest BCUT2D eigenvalue weighted by atomic mass is 9.90. The second-order valence-electron chi connectivity index (χ2n) is 8.23. The minimum atomic E-state index is -3.88. The Morgan fingerprint density at radius 1 is 1.26 bits per heavy atom. The van der Waals surface area contributed by atoms with Crippen molar-refractivity contribution in [3.63, 3.8) is 0 Å². The van der Waals surface area contributed by atoms with Crippen LogP contribution in [0.15, 0.2) is 20.8 Å². The minimum absolute atomic E-state index is 0. The van der Waals surface area contributed by atoms with Crippen molar-refractivity contribution in [3.05, 3.63) is 45.6 Å². The fourth-order valence-electron chi connectivity index (χ4n) is 3.09. The molecule has 0 spiro atoms. The van der Waals surface area contributed by atoms with Crippen LogP contribution in [0.3, 0.4) is 0 Å². The number of nitrogens with zero attached hydrogens (tertiary/aromatic N) is 2. The van der Waals surface area contributed by atoms with Crippen LogP contribution in [0.1, 0.15) is 75.1 Å². The van der Waals surface area contributed by atoms with E-state index in [0.29, 0.717) is 28.2 Å². The monoisotopic (exact) mass is 493 g/mol. The number of rotatable bonds is 6. The number of thiophene rings is 1. The van der Waals surface area contributed by atoms with Gasteiger partial charge in [0.15, 0.2) is 19.9 Å². The van der Waals surface area contributed by atoms with E-state index in [9.17, 15) is 22.9 Å². The lowest BCUT2D eigenvalue weighted by Crippen LogP contribution is -2.18. The zero-order chi connectivity index (χ0) is 23.0. The quantitative estimate of drug-likeness (QED) is 0.619. The summed E-state index contributed by atoms with van der Waals surface area (Å²) in [4.78, 5) is 17.0. The Morgan fingerprint density at radius 3 is 2.29 bits per heavy atom. The summed E-state index contributed by atoms with van der Waals surface area (Å²) in [7, 11) is -3.88. The summed E-state index contributed by atoms with van der Waals surface area (Å²) < 4.78 is 44.7. The fourth-order valence-corrected chi connectivity index (χ4v) is 5.51. The topological polar surface area (TPSA) is 106 Å². The predicted octanol–water partition coefficient (Wildman–Crippen LogP) is 4.48. The van der Waals surface area contributed by atoms with Crippen LogP contribution < -0.4 is 5.14 Å². The number of hydrogen-bond donors (Lipinski definition) is 2. The highest BCUT2D eigenvalue weighted by Gasteiger charge is 2.27. The zero-order valence-corrected chi connectivity index (χ0v) is 21.0. The molecular formula is C20H29F2N3O3S3. The number of hydrogen-bond acceptors (Lipinski definition) is 5. The first-order valence-electron chi connectivity index (χ1n) is 9.42. The summed E-state index contributed by atoms with van der Waals surface area (Å²) in [6.45, 7) is 10.2. The molecular weight excluding hydrogens is 464 g/mol. The Bertz CT molecular complexity index is 1080. The number of amides is 1. The molecule has 1 unspecified atom stereocenters. The largest absolute Gasteiger partial charge is 0.385 e. The van der Waals surface area contributed by atoms with Crippen molar-refractivity contribution in [3.8, 4) is 0 Å². The lowest BCUT2D eigenvalue weighted by Gasteiger charge is -2.18. The number of aromatic nitrogens is 1. The van der Waals surface area contributed by atoms with E-state index < -0.39 is 37.3 Å². The molecule has 0 bridgehead atoms. The molecule has 1 atom stereocenters. The molecule has 2 rings (SSSR count). The maximum absolute atomic E-state index is 14.4. The number of pyridine rings is 1. The summed E-state index contributed by atoms with van der Waals surface area (Å²) in [6.07, 6.45) is 0.770. The van der Waals surface area contributed by atoms with E-state index in [-0.39, 0.29) is 36.6 Å². The first-order chi connectivity index (χ1) is 13.6. The van der Waals surface area contributed by atoms with Gasteiger partial charge in [0.2, 0.25) is 0 Å². The van der Waals surface area contributed by atoms with Gasteiger partial charge >= 0.3 is 0 Å². The van der Waals surface area contributed by atoms with Crippen LogP contribution in [0, 0.1) is 11.6 Å². The SMILES string of the molecule is CC(C)c1ncc(F)c(C(C)C)c1CC(=O)N=S(N)(=O)c1sc(C(C)(C)O)cc1F.S. The summed E-state index contributed by atoms with van der Waals surface area (Å²) >= 11 is 0.696. The Morgan fingerprint density at radius 2 is 1.84 bits per heavy atom. The number of nitrogens with two attached hydrogens (primary N) is 1. The van der Waals surface area contributed by atoms with Crippen LogP contribution in [0.4, 0.5) is 8.78 Å². The molecule has 174 valence electrons. The molecule has 0 aliphatic carbocycles. The normalized spacial score (nSPS) is 13.8. The van der Waals surface area contributed by atoms with Crippen LogP contribution in [0.5, 0.6) is 0 Å². The Labute approximate surface area is 193 Å². The maximum Gasteiger partial charge on any atom is 0.259 e. The second kappa shape index (κ2) is 10.0. The van der Waals surface area contributed by atoms with Gasteiger partial charge in [-0.1, -0.05) is 27.7 Å². The fraction of sp³-hybridized carbons (Fsp3) is 0.500. The smallest absolute Gasteiger partial charge is 0.259 e. The van der Waals surface area contributed by atoms with Crippen molar-refractivity contribution < 1.29 is 22.9 Å². The molecule has 2 aromatic heterocycles. The van der Waals surface area contributed by atoms with Gasteiger partial charge < -0.3 is 5.11 Å². The van der Waals surface area contributed by atoms with Crippen molar-refractivity contribution in [2.45, 2.75) is 69.6 Å². The van der Waals surface area contributed by atoms with E-state index >= 15 is 0 Å². The van der Waals surface area contributed by atoms with Crippen LogP contribution in [-0.4, -0.2) is 20.2 Å². The van der Waals surface area contributed by atoms with Gasteiger partial charge in [-0.05, 0) is 42.9 Å². The van der Waals surface area contributed by atoms with Crippen LogP contribution in [0.2, 0.25) is 0 Å². The first kappa shape index (κ1) is 27.6. The molecule has 2 heterocycles. The standard InChI is InChI=1S/C20H27F2N3O3S2.H2S/c1-10(2)17-12(18(11(3)4)24-9-14(17)22)7-16(26)25-30(23,28)19-13(21)8-15(29-19)20(5,6)27;/h8-11,27H,7H2,1-6H3,(H2,23,25,26,28);1H2. The van der Waals surface area contributed by atoms with Gasteiger partial charge in [-0.3, -0.25) is 9.78 Å². The maximum atomic E-state index is 14.4. The third kappa shape index (κ3) is 6.32. The summed E-state index contributed by atoms with van der Waals surface area (Å²) in [6, 6.07) is 1.02. The van der Waals surface area contributed by atoms with Gasteiger partial charge in [0.05, 0.1) is 18.2 Å². The van der Waals surface area contributed by atoms with E-state index in [0.717, 1.165) is 12.3 Å². The number of halogens is 2. The molecule has 11 heteroatoms. The summed E-state index contributed by atoms with van der Waals surface area (Å²) in [5, 5.41) is 15.7. The Hall–Kier alpha value is -1.40. The summed E-state index contributed by atoms with van der Waals surface area (Å²) in [5.41, 5.74) is -0.103. The van der Waals surface area contributed by atoms with E-state index in [1.165, 1.54) is 13.8 Å². The molecule has 0 saturated heterocycles. The van der Waals surface area contributed by atoms with Crippen molar-refractivity contribution >= 4 is 40.7 Å². The molecule has 0 fully saturated rings. The van der Waals surface area contributed by atoms with Gasteiger partial charge in [-0.15, -0.1) is 15.7 Å². The molecule has 0 aliphatic heterocycles. The van der Waals surface area contributed by atoms with Gasteiger partial charge in [0.25, 0.3) is 5.91 Å². The average Bonchev–Trinajstić information content (AvgIpc) is 2.96. The van der Waals surface area contributed by atoms with E-state index in [4.69, 9.17) is 5.14 Å². The third-order valence-corrected chi connectivity index (χ3v) is 7.81. The zero-order valence-electron chi connectivity index (χ0n) is 18.3. The molecule has 0 aromatic carbocycles. The van der Waals surface area contributed by atoms with E-state index in [1.807, 2.05) is 13.8 Å². The highest BCUT2D eigenvalue weighted by Crippen LogP contribution is 2.33. The molecule has 1 amide bonds. The average molecular weight is 494 g/mol. The van der Waals surface area contributed by atoms with Crippen LogP contribution >= 0.6 is 24.8 Å². The highest BCUT2D eigenvalue weighted by atomic mass is 32.2. The van der Waals surface area contributed by atoms with Gasteiger partial charge in [0.1, 0.15) is 5.82 Å². The van der Waals surface area contributed by atoms with Gasteiger partial charge in [-0.25, -0.2) is 18.1 Å². The third-order valence-electron chi connectivity index (χ3n) is 4.42. The van der Waals surface area contributed by atoms with E-state index in [2.05, 4.69) is 9.35 Å². The Kier molecular flexibility index (Phi) is 8.94. The molecule has 0 radical (unpaired) electrons. The molecule has 0 aliphatic rings. The van der Waals surface area contributed by atoms with Crippen molar-refractivity contribution in [2.24, 2.45) is 9.50 Å². The molecule has 6 nitrogen and oxygen atoms in total. The predicted molar refractivity (Wildman–Crippen MR) is 124 cm³/mol. The van der Waals surface area contributed by atoms with Gasteiger partial charge in [-0.2, -0.15) is 13.5 Å². The highest BCUT2D eigenvalue weighted by molar-refractivity contribution is 7.93. The first-order valence-corrected chi connectivity index (χ1v) is 11.8. The molecule has 2 aromatic rings. The van der Waals surface area contributed by atoms with Crippen LogP contribution in [0.25, 0.3) is 0 Å². The summed E-state index contributed by atoms with van der Waals surface area (Å²) in [5.74, 6) is -2.61. The minimum Gasteiger partial charge on any atom is -0.385 e. The Balaban J connectivity index is 0.00000480. The molecule has 3 N–H and O–H groups in total. The lowest BCUT2D eigenvalue weighted by molar-refractivity contribution is -0.117. The number of carbonyl (C=O) groups is 1. The molecule has 31 heavy (non-hydrogen) atoms. The number of carbonyl (C=O) groups excluding carboxylic acids is 1. The van der Waals surface area contributed by atoms with Gasteiger partial charge in [0, 0.05) is 10.6 Å². The second-order valence-corrected chi connectivity index (χ2v) is 11.3. The van der Waals surface area contributed by atoms with Crippen molar-refractivity contribution in [2.75, 3.05) is 0 Å². The molecule has 0 saturated carbocycles. The van der Waals surface area contributed by atoms with Crippen LogP contribution in [-0.2, 0) is 26.7 Å². The number of aliphatic hydroxyl groups is 1. The van der Waals surface area contributed by atoms with E-state index in [1.54, 1.807) is 13.8 Å². The van der Waals surface area contributed by atoms with Crippen molar-refractivity contribution in [1.29, 1.82) is 0 Å². The van der Waals surface area contributed by atoms with Crippen molar-refractivity contribution in [1.82, 2.24) is 4.98 Å².